The van der Waals surface area contributed by atoms with Crippen LogP contribution >= 0.6 is 0 Å². The fraction of sp³-hybridized carbons (Fsp3) is 0.250. The third kappa shape index (κ3) is 4.69. The predicted molar refractivity (Wildman–Crippen MR) is 97.6 cm³/mol. The van der Waals surface area contributed by atoms with E-state index in [4.69, 9.17) is 14.2 Å². The number of hydrogen-bond acceptors (Lipinski definition) is 6. The first-order valence-electron chi connectivity index (χ1n) is 7.97. The third-order valence-corrected chi connectivity index (χ3v) is 3.93. The van der Waals surface area contributed by atoms with Crippen LogP contribution in [0.3, 0.4) is 0 Å². The Morgan fingerprint density at radius 3 is 2.23 bits per heavy atom. The number of carbonyl (C=O) groups is 1. The van der Waals surface area contributed by atoms with E-state index in [0.29, 0.717) is 17.9 Å². The molecule has 0 saturated carbocycles. The number of benzene rings is 2. The number of phenolic OH excluding ortho intramolecular Hbond substituents is 2. The number of phenols is 2. The molecule has 0 spiro atoms. The molecule has 0 amide bonds. The Hall–Kier alpha value is -3.15. The molecule has 6 nitrogen and oxygen atoms in total. The van der Waals surface area contributed by atoms with E-state index >= 15 is 0 Å². The summed E-state index contributed by atoms with van der Waals surface area (Å²) in [6, 6.07) is 9.84. The van der Waals surface area contributed by atoms with Crippen LogP contribution in [0.15, 0.2) is 42.5 Å². The molecule has 2 aromatic rings. The molecule has 0 bridgehead atoms. The summed E-state index contributed by atoms with van der Waals surface area (Å²) in [5.74, 6) is -0.112. The van der Waals surface area contributed by atoms with Gasteiger partial charge in [0.2, 0.25) is 0 Å². The average molecular weight is 358 g/mol. The average Bonchev–Trinajstić information content (AvgIpc) is 2.66. The molecule has 6 heteroatoms. The largest absolute Gasteiger partial charge is 0.504 e. The lowest BCUT2D eigenvalue weighted by Gasteiger charge is -2.12. The zero-order valence-electron chi connectivity index (χ0n) is 14.9. The topological polar surface area (TPSA) is 85.2 Å². The summed E-state index contributed by atoms with van der Waals surface area (Å²) in [5.41, 5.74) is 1.60. The van der Waals surface area contributed by atoms with Crippen molar-refractivity contribution in [2.75, 3.05) is 21.3 Å². The molecule has 0 aliphatic rings. The van der Waals surface area contributed by atoms with Crippen molar-refractivity contribution in [3.05, 3.63) is 53.6 Å². The van der Waals surface area contributed by atoms with Crippen molar-refractivity contribution < 1.29 is 29.2 Å². The molecule has 2 rings (SSSR count). The number of esters is 1. The van der Waals surface area contributed by atoms with Gasteiger partial charge in [-0.2, -0.15) is 0 Å². The van der Waals surface area contributed by atoms with Crippen molar-refractivity contribution in [1.82, 2.24) is 0 Å². The van der Waals surface area contributed by atoms with E-state index in [1.807, 2.05) is 0 Å². The third-order valence-electron chi connectivity index (χ3n) is 3.93. The van der Waals surface area contributed by atoms with Crippen molar-refractivity contribution in [2.24, 2.45) is 5.92 Å². The summed E-state index contributed by atoms with van der Waals surface area (Å²) >= 11 is 0. The van der Waals surface area contributed by atoms with Gasteiger partial charge in [-0.15, -0.1) is 0 Å². The van der Waals surface area contributed by atoms with Crippen molar-refractivity contribution in [3.8, 4) is 23.0 Å². The van der Waals surface area contributed by atoms with Crippen LogP contribution in [-0.4, -0.2) is 37.5 Å². The number of carbonyl (C=O) groups excluding carboxylic acids is 1. The molecule has 0 aliphatic carbocycles. The number of methoxy groups -OCH3 is 3. The van der Waals surface area contributed by atoms with Crippen molar-refractivity contribution in [3.63, 3.8) is 0 Å². The van der Waals surface area contributed by atoms with E-state index in [9.17, 15) is 15.0 Å². The van der Waals surface area contributed by atoms with Crippen LogP contribution in [0.2, 0.25) is 0 Å². The summed E-state index contributed by atoms with van der Waals surface area (Å²) in [6.07, 6.45) is 3.88. The van der Waals surface area contributed by atoms with Gasteiger partial charge in [-0.1, -0.05) is 24.3 Å². The van der Waals surface area contributed by atoms with Crippen LogP contribution in [0.4, 0.5) is 0 Å². The van der Waals surface area contributed by atoms with Crippen LogP contribution in [0.25, 0.3) is 6.08 Å². The molecular weight excluding hydrogens is 336 g/mol. The summed E-state index contributed by atoms with van der Waals surface area (Å²) in [4.78, 5) is 12.1. The standard InChI is InChI=1S/C20H22O6/c1-24-18-11-13(5-8-16(18)21)4-7-15(20(23)26-3)10-14-6-9-17(22)19(12-14)25-2/h4-9,11-12,15,21-22H,10H2,1-3H3/b7-4+/t15-/m0/s1. The van der Waals surface area contributed by atoms with Gasteiger partial charge in [-0.05, 0) is 41.8 Å². The lowest BCUT2D eigenvalue weighted by molar-refractivity contribution is -0.143. The fourth-order valence-electron chi connectivity index (χ4n) is 2.51. The number of aromatic hydroxyl groups is 2. The highest BCUT2D eigenvalue weighted by atomic mass is 16.5. The number of ether oxygens (including phenoxy) is 3. The maximum absolute atomic E-state index is 12.1. The summed E-state index contributed by atoms with van der Waals surface area (Å²) < 4.78 is 15.1. The smallest absolute Gasteiger partial charge is 0.312 e. The van der Waals surface area contributed by atoms with Crippen LogP contribution in [0.1, 0.15) is 11.1 Å². The van der Waals surface area contributed by atoms with E-state index in [1.54, 1.807) is 36.4 Å². The molecule has 0 heterocycles. The zero-order valence-corrected chi connectivity index (χ0v) is 14.9. The van der Waals surface area contributed by atoms with Gasteiger partial charge in [0.1, 0.15) is 0 Å². The minimum atomic E-state index is -0.519. The van der Waals surface area contributed by atoms with Gasteiger partial charge in [-0.25, -0.2) is 0 Å². The highest BCUT2D eigenvalue weighted by Crippen LogP contribution is 2.29. The second-order valence-corrected chi connectivity index (χ2v) is 5.63. The molecule has 138 valence electrons. The first-order chi connectivity index (χ1) is 12.5. The molecule has 0 radical (unpaired) electrons. The minimum absolute atomic E-state index is 0.0394. The lowest BCUT2D eigenvalue weighted by Crippen LogP contribution is -2.16. The molecule has 0 fully saturated rings. The van der Waals surface area contributed by atoms with E-state index in [0.717, 1.165) is 11.1 Å². The highest BCUT2D eigenvalue weighted by Gasteiger charge is 2.17. The molecule has 2 aromatic carbocycles. The summed E-state index contributed by atoms with van der Waals surface area (Å²) in [7, 11) is 4.27. The van der Waals surface area contributed by atoms with Gasteiger partial charge < -0.3 is 24.4 Å². The Labute approximate surface area is 152 Å². The molecule has 0 aromatic heterocycles. The van der Waals surface area contributed by atoms with E-state index in [2.05, 4.69) is 0 Å². The Kier molecular flexibility index (Phi) is 6.49. The Morgan fingerprint density at radius 2 is 1.62 bits per heavy atom. The van der Waals surface area contributed by atoms with Gasteiger partial charge in [0.25, 0.3) is 0 Å². The maximum atomic E-state index is 12.1. The molecule has 0 unspecified atom stereocenters. The molecule has 2 N–H and O–H groups in total. The van der Waals surface area contributed by atoms with E-state index in [1.165, 1.54) is 33.5 Å². The van der Waals surface area contributed by atoms with Crippen LogP contribution < -0.4 is 9.47 Å². The van der Waals surface area contributed by atoms with E-state index in [-0.39, 0.29) is 17.5 Å². The number of hydrogen-bond donors (Lipinski definition) is 2. The Balaban J connectivity index is 2.23. The molecule has 26 heavy (non-hydrogen) atoms. The number of rotatable bonds is 7. The van der Waals surface area contributed by atoms with Gasteiger partial charge in [0.15, 0.2) is 23.0 Å². The van der Waals surface area contributed by atoms with Crippen molar-refractivity contribution in [1.29, 1.82) is 0 Å². The lowest BCUT2D eigenvalue weighted by atomic mass is 9.97. The first-order valence-corrected chi connectivity index (χ1v) is 7.97. The SMILES string of the molecule is COC(=O)[C@@H](/C=C/c1ccc(O)c(OC)c1)Cc1ccc(O)c(OC)c1. The second-order valence-electron chi connectivity index (χ2n) is 5.63. The quantitative estimate of drug-likeness (QED) is 0.740. The minimum Gasteiger partial charge on any atom is -0.504 e. The summed E-state index contributed by atoms with van der Waals surface area (Å²) in [5, 5.41) is 19.3. The monoisotopic (exact) mass is 358 g/mol. The van der Waals surface area contributed by atoms with Gasteiger partial charge in [0.05, 0.1) is 27.2 Å². The predicted octanol–water partition coefficient (Wildman–Crippen LogP) is 3.16. The normalized spacial score (nSPS) is 12.0. The molecule has 1 atom stereocenters. The van der Waals surface area contributed by atoms with Crippen molar-refractivity contribution >= 4 is 12.0 Å². The van der Waals surface area contributed by atoms with Gasteiger partial charge >= 0.3 is 5.97 Å². The fourth-order valence-corrected chi connectivity index (χ4v) is 2.51. The van der Waals surface area contributed by atoms with Crippen molar-refractivity contribution in [2.45, 2.75) is 6.42 Å². The second kappa shape index (κ2) is 8.80. The van der Waals surface area contributed by atoms with E-state index < -0.39 is 5.92 Å². The highest BCUT2D eigenvalue weighted by molar-refractivity contribution is 5.76. The van der Waals surface area contributed by atoms with Crippen LogP contribution in [-0.2, 0) is 16.0 Å². The van der Waals surface area contributed by atoms with Crippen LogP contribution in [0.5, 0.6) is 23.0 Å². The molecule has 0 saturated heterocycles. The van der Waals surface area contributed by atoms with Gasteiger partial charge in [0, 0.05) is 0 Å². The maximum Gasteiger partial charge on any atom is 0.312 e. The molecular formula is C20H22O6. The van der Waals surface area contributed by atoms with Gasteiger partial charge in [-0.3, -0.25) is 4.79 Å². The Morgan fingerprint density at radius 1 is 1.00 bits per heavy atom. The van der Waals surface area contributed by atoms with Crippen LogP contribution in [0, 0.1) is 5.92 Å². The first kappa shape index (κ1) is 19.2. The summed E-state index contributed by atoms with van der Waals surface area (Å²) in [6.45, 7) is 0. The molecule has 0 aliphatic heterocycles. The Bertz CT molecular complexity index is 797. The zero-order chi connectivity index (χ0) is 19.1.